The molecule has 2 N–H and O–H groups in total. The highest BCUT2D eigenvalue weighted by atomic mass is 16.1. The summed E-state index contributed by atoms with van der Waals surface area (Å²) in [7, 11) is 0. The number of rotatable bonds is 4. The molecule has 0 saturated carbocycles. The monoisotopic (exact) mass is 243 g/mol. The average molecular weight is 243 g/mol. The van der Waals surface area contributed by atoms with Crippen LogP contribution >= 0.6 is 0 Å². The van der Waals surface area contributed by atoms with Crippen LogP contribution in [0, 0.1) is 0 Å². The predicted octanol–water partition coefficient (Wildman–Crippen LogP) is 2.17. The Kier molecular flexibility index (Phi) is 3.77. The summed E-state index contributed by atoms with van der Waals surface area (Å²) in [5.41, 5.74) is 1.85. The van der Waals surface area contributed by atoms with Crippen LogP contribution in [0.1, 0.15) is 13.8 Å². The molecule has 0 atom stereocenters. The summed E-state index contributed by atoms with van der Waals surface area (Å²) < 4.78 is 0. The van der Waals surface area contributed by atoms with E-state index in [9.17, 15) is 4.79 Å². The third-order valence-electron chi connectivity index (χ3n) is 2.54. The van der Waals surface area contributed by atoms with E-state index in [1.165, 1.54) is 0 Å². The Bertz CT molecular complexity index is 546. The van der Waals surface area contributed by atoms with Gasteiger partial charge >= 0.3 is 0 Å². The maximum atomic E-state index is 11.6. The standard InChI is InChI=1S/C14H17N3O/c1-10(2)17-14(18)9-16-13-7-8-15-12-6-4-3-5-11(12)13/h3-8,10H,9H2,1-2H3,(H,15,16)(H,17,18). The van der Waals surface area contributed by atoms with Gasteiger partial charge in [0.25, 0.3) is 0 Å². The van der Waals surface area contributed by atoms with Crippen LogP contribution in [0.25, 0.3) is 10.9 Å². The number of hydrogen-bond acceptors (Lipinski definition) is 3. The lowest BCUT2D eigenvalue weighted by atomic mass is 10.2. The van der Waals surface area contributed by atoms with E-state index in [0.717, 1.165) is 16.6 Å². The summed E-state index contributed by atoms with van der Waals surface area (Å²) in [6.45, 7) is 4.16. The zero-order chi connectivity index (χ0) is 13.0. The molecule has 0 saturated heterocycles. The van der Waals surface area contributed by atoms with E-state index in [2.05, 4.69) is 15.6 Å². The minimum atomic E-state index is -0.00843. The smallest absolute Gasteiger partial charge is 0.239 e. The van der Waals surface area contributed by atoms with Crippen LogP contribution in [0.2, 0.25) is 0 Å². The van der Waals surface area contributed by atoms with Crippen molar-refractivity contribution in [1.82, 2.24) is 10.3 Å². The summed E-state index contributed by atoms with van der Waals surface area (Å²) in [5.74, 6) is -0.00843. The molecule has 0 aliphatic heterocycles. The fourth-order valence-corrected chi connectivity index (χ4v) is 1.80. The molecule has 2 aromatic rings. The zero-order valence-electron chi connectivity index (χ0n) is 10.6. The fourth-order valence-electron chi connectivity index (χ4n) is 1.80. The maximum Gasteiger partial charge on any atom is 0.239 e. The molecular formula is C14H17N3O. The number of anilines is 1. The SMILES string of the molecule is CC(C)NC(=O)CNc1ccnc2ccccc12. The van der Waals surface area contributed by atoms with E-state index in [1.54, 1.807) is 6.20 Å². The number of para-hydroxylation sites is 1. The Morgan fingerprint density at radius 3 is 2.83 bits per heavy atom. The lowest BCUT2D eigenvalue weighted by Crippen LogP contribution is -2.34. The Balaban J connectivity index is 2.10. The second-order valence-electron chi connectivity index (χ2n) is 4.45. The summed E-state index contributed by atoms with van der Waals surface area (Å²) >= 11 is 0. The number of fused-ring (bicyclic) bond motifs is 1. The van der Waals surface area contributed by atoms with Gasteiger partial charge in [0.15, 0.2) is 0 Å². The van der Waals surface area contributed by atoms with E-state index >= 15 is 0 Å². The molecule has 18 heavy (non-hydrogen) atoms. The van der Waals surface area contributed by atoms with E-state index in [-0.39, 0.29) is 18.5 Å². The van der Waals surface area contributed by atoms with Crippen molar-refractivity contribution < 1.29 is 4.79 Å². The van der Waals surface area contributed by atoms with Gasteiger partial charge < -0.3 is 10.6 Å². The number of amides is 1. The minimum Gasteiger partial charge on any atom is -0.376 e. The van der Waals surface area contributed by atoms with Gasteiger partial charge in [-0.1, -0.05) is 18.2 Å². The molecular weight excluding hydrogens is 226 g/mol. The van der Waals surface area contributed by atoms with Gasteiger partial charge in [0.2, 0.25) is 5.91 Å². The highest BCUT2D eigenvalue weighted by Crippen LogP contribution is 2.20. The van der Waals surface area contributed by atoms with Crippen molar-refractivity contribution in [3.63, 3.8) is 0 Å². The number of carbonyl (C=O) groups excluding carboxylic acids is 1. The van der Waals surface area contributed by atoms with Gasteiger partial charge in [0.05, 0.1) is 12.1 Å². The first-order valence-corrected chi connectivity index (χ1v) is 6.04. The molecule has 1 aromatic carbocycles. The van der Waals surface area contributed by atoms with Crippen molar-refractivity contribution in [3.05, 3.63) is 36.5 Å². The Hall–Kier alpha value is -2.10. The van der Waals surface area contributed by atoms with Crippen molar-refractivity contribution in [2.24, 2.45) is 0 Å². The highest BCUT2D eigenvalue weighted by Gasteiger charge is 2.05. The van der Waals surface area contributed by atoms with Gasteiger partial charge in [0.1, 0.15) is 0 Å². The van der Waals surface area contributed by atoms with Crippen molar-refractivity contribution in [2.45, 2.75) is 19.9 Å². The van der Waals surface area contributed by atoms with Crippen molar-refractivity contribution in [2.75, 3.05) is 11.9 Å². The maximum absolute atomic E-state index is 11.6. The topological polar surface area (TPSA) is 54.0 Å². The Labute approximate surface area is 106 Å². The Morgan fingerprint density at radius 2 is 2.06 bits per heavy atom. The van der Waals surface area contributed by atoms with Crippen LogP contribution in [-0.4, -0.2) is 23.5 Å². The molecule has 0 unspecified atom stereocenters. The van der Waals surface area contributed by atoms with Gasteiger partial charge in [-0.25, -0.2) is 0 Å². The third kappa shape index (κ3) is 2.97. The molecule has 4 nitrogen and oxygen atoms in total. The van der Waals surface area contributed by atoms with E-state index < -0.39 is 0 Å². The number of aromatic nitrogens is 1. The summed E-state index contributed by atoms with van der Waals surface area (Å²) in [6.07, 6.45) is 1.74. The van der Waals surface area contributed by atoms with Crippen molar-refractivity contribution in [1.29, 1.82) is 0 Å². The van der Waals surface area contributed by atoms with Crippen LogP contribution in [0.3, 0.4) is 0 Å². The number of pyridine rings is 1. The van der Waals surface area contributed by atoms with Gasteiger partial charge in [0, 0.05) is 23.3 Å². The van der Waals surface area contributed by atoms with Crippen molar-refractivity contribution >= 4 is 22.5 Å². The largest absolute Gasteiger partial charge is 0.376 e. The first-order chi connectivity index (χ1) is 8.66. The molecule has 0 radical (unpaired) electrons. The number of nitrogens with zero attached hydrogens (tertiary/aromatic N) is 1. The first kappa shape index (κ1) is 12.4. The van der Waals surface area contributed by atoms with Crippen LogP contribution in [-0.2, 0) is 4.79 Å². The molecule has 2 rings (SSSR count). The van der Waals surface area contributed by atoms with E-state index in [0.29, 0.717) is 0 Å². The molecule has 1 amide bonds. The summed E-state index contributed by atoms with van der Waals surface area (Å²) in [5, 5.41) is 7.01. The first-order valence-electron chi connectivity index (χ1n) is 6.04. The van der Waals surface area contributed by atoms with E-state index in [1.807, 2.05) is 44.2 Å². The minimum absolute atomic E-state index is 0.00843. The number of nitrogens with one attached hydrogen (secondary N) is 2. The molecule has 0 aliphatic rings. The predicted molar refractivity (Wildman–Crippen MR) is 73.5 cm³/mol. The normalized spacial score (nSPS) is 10.6. The van der Waals surface area contributed by atoms with Crippen molar-refractivity contribution in [3.8, 4) is 0 Å². The second kappa shape index (κ2) is 5.49. The number of carbonyl (C=O) groups is 1. The highest BCUT2D eigenvalue weighted by molar-refractivity contribution is 5.92. The lowest BCUT2D eigenvalue weighted by molar-refractivity contribution is -0.119. The van der Waals surface area contributed by atoms with Gasteiger partial charge in [-0.3, -0.25) is 9.78 Å². The van der Waals surface area contributed by atoms with Gasteiger partial charge in [-0.2, -0.15) is 0 Å². The molecule has 94 valence electrons. The fraction of sp³-hybridized carbons (Fsp3) is 0.286. The second-order valence-corrected chi connectivity index (χ2v) is 4.45. The van der Waals surface area contributed by atoms with Crippen LogP contribution in [0.4, 0.5) is 5.69 Å². The van der Waals surface area contributed by atoms with Gasteiger partial charge in [-0.05, 0) is 26.0 Å². The quantitative estimate of drug-likeness (QED) is 0.865. The molecule has 1 heterocycles. The molecule has 4 heteroatoms. The van der Waals surface area contributed by atoms with E-state index in [4.69, 9.17) is 0 Å². The third-order valence-corrected chi connectivity index (χ3v) is 2.54. The molecule has 0 bridgehead atoms. The molecule has 0 fully saturated rings. The molecule has 0 aliphatic carbocycles. The summed E-state index contributed by atoms with van der Waals surface area (Å²) in [6, 6.07) is 9.90. The lowest BCUT2D eigenvalue weighted by Gasteiger charge is -2.11. The summed E-state index contributed by atoms with van der Waals surface area (Å²) in [4.78, 5) is 15.9. The van der Waals surface area contributed by atoms with Crippen LogP contribution in [0.15, 0.2) is 36.5 Å². The number of hydrogen-bond donors (Lipinski definition) is 2. The average Bonchev–Trinajstić information content (AvgIpc) is 2.35. The van der Waals surface area contributed by atoms with Crippen LogP contribution < -0.4 is 10.6 Å². The number of benzene rings is 1. The van der Waals surface area contributed by atoms with Crippen LogP contribution in [0.5, 0.6) is 0 Å². The molecule has 0 spiro atoms. The van der Waals surface area contributed by atoms with Gasteiger partial charge in [-0.15, -0.1) is 0 Å². The zero-order valence-corrected chi connectivity index (χ0v) is 10.6. The Morgan fingerprint density at radius 1 is 1.28 bits per heavy atom. The molecule has 1 aromatic heterocycles.